The minimum atomic E-state index is 0.319. The summed E-state index contributed by atoms with van der Waals surface area (Å²) in [6, 6.07) is 0.397. The van der Waals surface area contributed by atoms with E-state index in [0.29, 0.717) is 23.2 Å². The molecule has 2 heteroatoms. The molecule has 1 spiro atoms. The first-order chi connectivity index (χ1) is 7.63. The fourth-order valence-electron chi connectivity index (χ4n) is 4.97. The third-order valence-electron chi connectivity index (χ3n) is 5.85. The number of ketones is 1. The Morgan fingerprint density at radius 1 is 1.31 bits per heavy atom. The van der Waals surface area contributed by atoms with Crippen LogP contribution in [0.5, 0.6) is 0 Å². The van der Waals surface area contributed by atoms with Crippen LogP contribution in [0.15, 0.2) is 0 Å². The summed E-state index contributed by atoms with van der Waals surface area (Å²) in [6.45, 7) is 1.77. The molecule has 3 aliphatic rings. The maximum Gasteiger partial charge on any atom is 0.132 e. The lowest BCUT2D eigenvalue weighted by Gasteiger charge is -2.47. The zero-order chi connectivity index (χ0) is 11.3. The molecule has 0 radical (unpaired) electrons. The van der Waals surface area contributed by atoms with Crippen molar-refractivity contribution in [3.63, 3.8) is 0 Å². The number of Topliss-reactive ketones (excluding diaryl/α,β-unsaturated/α-hetero) is 1. The third-order valence-corrected chi connectivity index (χ3v) is 5.85. The van der Waals surface area contributed by atoms with E-state index in [1.165, 1.54) is 32.1 Å². The number of nitrogens with two attached hydrogens (primary N) is 1. The maximum absolute atomic E-state index is 11.6. The Morgan fingerprint density at radius 2 is 2.12 bits per heavy atom. The van der Waals surface area contributed by atoms with Gasteiger partial charge in [0.25, 0.3) is 0 Å². The van der Waals surface area contributed by atoms with E-state index in [1.54, 1.807) is 6.92 Å². The number of rotatable bonds is 1. The van der Waals surface area contributed by atoms with Gasteiger partial charge in [0.15, 0.2) is 0 Å². The molecule has 0 aromatic heterocycles. The van der Waals surface area contributed by atoms with Crippen molar-refractivity contribution in [3.8, 4) is 0 Å². The van der Waals surface area contributed by atoms with Gasteiger partial charge in [-0.2, -0.15) is 0 Å². The second kappa shape index (κ2) is 3.56. The van der Waals surface area contributed by atoms with Gasteiger partial charge in [-0.1, -0.05) is 6.42 Å². The van der Waals surface area contributed by atoms with Crippen molar-refractivity contribution in [2.45, 2.75) is 57.9 Å². The van der Waals surface area contributed by atoms with Crippen LogP contribution >= 0.6 is 0 Å². The molecule has 3 rings (SSSR count). The number of hydrogen-bond donors (Lipinski definition) is 1. The van der Waals surface area contributed by atoms with Crippen molar-refractivity contribution in [1.29, 1.82) is 0 Å². The van der Waals surface area contributed by atoms with Gasteiger partial charge in [-0.3, -0.25) is 4.79 Å². The van der Waals surface area contributed by atoms with Gasteiger partial charge in [-0.15, -0.1) is 0 Å². The van der Waals surface area contributed by atoms with Gasteiger partial charge in [0.05, 0.1) is 0 Å². The molecule has 0 heterocycles. The molecule has 2 N–H and O–H groups in total. The van der Waals surface area contributed by atoms with Crippen LogP contribution in [0.3, 0.4) is 0 Å². The largest absolute Gasteiger partial charge is 0.327 e. The summed E-state index contributed by atoms with van der Waals surface area (Å²) in [5.74, 6) is 2.33. The Balaban J connectivity index is 1.85. The topological polar surface area (TPSA) is 43.1 Å². The average molecular weight is 221 g/mol. The minimum Gasteiger partial charge on any atom is -0.327 e. The highest BCUT2D eigenvalue weighted by atomic mass is 16.1. The van der Waals surface area contributed by atoms with Crippen molar-refractivity contribution in [3.05, 3.63) is 0 Å². The van der Waals surface area contributed by atoms with Crippen LogP contribution in [-0.2, 0) is 4.79 Å². The minimum absolute atomic E-state index is 0.319. The normalized spacial score (nSPS) is 51.1. The van der Waals surface area contributed by atoms with Gasteiger partial charge < -0.3 is 5.73 Å². The lowest BCUT2D eigenvalue weighted by molar-refractivity contribution is -0.124. The zero-order valence-electron chi connectivity index (χ0n) is 10.2. The van der Waals surface area contributed by atoms with E-state index in [2.05, 4.69) is 0 Å². The molecule has 16 heavy (non-hydrogen) atoms. The molecular formula is C14H23NO. The van der Waals surface area contributed by atoms with Crippen molar-refractivity contribution < 1.29 is 4.79 Å². The van der Waals surface area contributed by atoms with Gasteiger partial charge >= 0.3 is 0 Å². The summed E-state index contributed by atoms with van der Waals surface area (Å²) in [5, 5.41) is 0. The van der Waals surface area contributed by atoms with Gasteiger partial charge in [-0.25, -0.2) is 0 Å². The quantitative estimate of drug-likeness (QED) is 0.739. The highest BCUT2D eigenvalue weighted by Crippen LogP contribution is 2.61. The lowest BCUT2D eigenvalue weighted by atomic mass is 9.59. The summed E-state index contributed by atoms with van der Waals surface area (Å²) >= 11 is 0. The Bertz CT molecular complexity index is 310. The highest BCUT2D eigenvalue weighted by molar-refractivity contribution is 5.78. The molecule has 0 unspecified atom stereocenters. The van der Waals surface area contributed by atoms with Gasteiger partial charge in [0.2, 0.25) is 0 Å². The monoisotopic (exact) mass is 221 g/mol. The number of carbonyl (C=O) groups is 1. The van der Waals surface area contributed by atoms with Gasteiger partial charge in [-0.05, 0) is 62.7 Å². The number of hydrogen-bond acceptors (Lipinski definition) is 2. The maximum atomic E-state index is 11.6. The van der Waals surface area contributed by atoms with Crippen LogP contribution in [0.1, 0.15) is 51.9 Å². The van der Waals surface area contributed by atoms with Crippen LogP contribution in [0, 0.1) is 23.2 Å². The fraction of sp³-hybridized carbons (Fsp3) is 0.929. The first kappa shape index (κ1) is 10.8. The summed E-state index contributed by atoms with van der Waals surface area (Å²) in [6.07, 6.45) is 8.80. The third kappa shape index (κ3) is 1.32. The molecule has 0 aromatic rings. The van der Waals surface area contributed by atoms with E-state index >= 15 is 0 Å². The fourth-order valence-corrected chi connectivity index (χ4v) is 4.97. The molecule has 3 aliphatic carbocycles. The van der Waals surface area contributed by atoms with Crippen molar-refractivity contribution in [2.75, 3.05) is 0 Å². The molecule has 0 amide bonds. The summed E-state index contributed by atoms with van der Waals surface area (Å²) in [7, 11) is 0. The highest BCUT2D eigenvalue weighted by Gasteiger charge is 2.57. The van der Waals surface area contributed by atoms with E-state index in [0.717, 1.165) is 24.7 Å². The second-order valence-corrected chi connectivity index (χ2v) is 6.43. The molecular weight excluding hydrogens is 198 g/mol. The first-order valence-corrected chi connectivity index (χ1v) is 6.89. The Morgan fingerprint density at radius 3 is 2.75 bits per heavy atom. The lowest BCUT2D eigenvalue weighted by Crippen LogP contribution is -2.49. The summed E-state index contributed by atoms with van der Waals surface area (Å²) in [4.78, 5) is 11.6. The van der Waals surface area contributed by atoms with E-state index < -0.39 is 0 Å². The van der Waals surface area contributed by atoms with Crippen LogP contribution in [-0.4, -0.2) is 11.8 Å². The summed E-state index contributed by atoms with van der Waals surface area (Å²) < 4.78 is 0. The van der Waals surface area contributed by atoms with Crippen LogP contribution in [0.2, 0.25) is 0 Å². The van der Waals surface area contributed by atoms with E-state index in [4.69, 9.17) is 5.73 Å². The smallest absolute Gasteiger partial charge is 0.132 e. The molecule has 0 aliphatic heterocycles. The predicted octanol–water partition coefficient (Wildman–Crippen LogP) is 2.51. The Kier molecular flexibility index (Phi) is 2.39. The number of fused-ring (bicyclic) bond motifs is 3. The first-order valence-electron chi connectivity index (χ1n) is 6.89. The molecule has 3 saturated carbocycles. The van der Waals surface area contributed by atoms with E-state index in [1.807, 2.05) is 0 Å². The SMILES string of the molecule is CC(=O)[C@H]1CCC[C@@]2(C1)[C@H]1CC[C@H](C1)[C@@H]2N. The molecule has 0 saturated heterocycles. The average Bonchev–Trinajstić information content (AvgIpc) is 2.84. The molecule has 90 valence electrons. The number of carbonyl (C=O) groups excluding carboxylic acids is 1. The zero-order valence-corrected chi connectivity index (χ0v) is 10.2. The molecule has 3 fully saturated rings. The van der Waals surface area contributed by atoms with Gasteiger partial charge in [0.1, 0.15) is 5.78 Å². The van der Waals surface area contributed by atoms with Crippen molar-refractivity contribution in [1.82, 2.24) is 0 Å². The van der Waals surface area contributed by atoms with Crippen LogP contribution in [0.4, 0.5) is 0 Å². The van der Waals surface area contributed by atoms with Crippen molar-refractivity contribution in [2.24, 2.45) is 28.9 Å². The van der Waals surface area contributed by atoms with Crippen LogP contribution < -0.4 is 5.73 Å². The van der Waals surface area contributed by atoms with E-state index in [-0.39, 0.29) is 0 Å². The second-order valence-electron chi connectivity index (χ2n) is 6.43. The standard InChI is InChI=1S/C14H23NO/c1-9(16)11-3-2-6-14(8-11)12-5-4-10(7-12)13(14)15/h10-13H,2-8,15H2,1H3/t10-,11+,12+,13+,14-/m1/s1. The molecule has 2 bridgehead atoms. The molecule has 2 nitrogen and oxygen atoms in total. The van der Waals surface area contributed by atoms with Gasteiger partial charge in [0, 0.05) is 12.0 Å². The predicted molar refractivity (Wildman–Crippen MR) is 63.9 cm³/mol. The van der Waals surface area contributed by atoms with Crippen LogP contribution in [0.25, 0.3) is 0 Å². The summed E-state index contributed by atoms with van der Waals surface area (Å²) in [5.41, 5.74) is 6.84. The van der Waals surface area contributed by atoms with Crippen molar-refractivity contribution >= 4 is 5.78 Å². The molecule has 5 atom stereocenters. The molecule has 0 aromatic carbocycles. The van der Waals surface area contributed by atoms with E-state index in [9.17, 15) is 4.79 Å². The Hall–Kier alpha value is -0.370. The Labute approximate surface area is 98.0 Å².